The molecule has 1 unspecified atom stereocenters. The predicted octanol–water partition coefficient (Wildman–Crippen LogP) is 2.85. The highest BCUT2D eigenvalue weighted by Gasteiger charge is 2.34. The number of amides is 1. The van der Waals surface area contributed by atoms with Crippen molar-refractivity contribution in [3.63, 3.8) is 0 Å². The second kappa shape index (κ2) is 12.1. The number of carbonyl (C=O) groups is 3. The van der Waals surface area contributed by atoms with E-state index in [2.05, 4.69) is 0 Å². The zero-order chi connectivity index (χ0) is 24.5. The summed E-state index contributed by atoms with van der Waals surface area (Å²) in [4.78, 5) is 38.7. The van der Waals surface area contributed by atoms with Crippen LogP contribution in [-0.2, 0) is 32.0 Å². The Kier molecular flexibility index (Phi) is 8.90. The van der Waals surface area contributed by atoms with Gasteiger partial charge >= 0.3 is 5.97 Å². The number of Topliss-reactive ketones (excluding diaryl/α,β-unsaturated/α-hetero) is 1. The largest absolute Gasteiger partial charge is 0.493 e. The average molecular weight is 470 g/mol. The molecule has 0 aliphatic carbocycles. The molecule has 0 saturated carbocycles. The van der Waals surface area contributed by atoms with Crippen molar-refractivity contribution < 1.29 is 33.3 Å². The minimum absolute atomic E-state index is 0.0617. The number of hydrogen-bond acceptors (Lipinski definition) is 7. The second-order valence-corrected chi connectivity index (χ2v) is 8.13. The smallest absolute Gasteiger partial charge is 0.310 e. The number of hydrogen-bond donors (Lipinski definition) is 0. The molecule has 0 aromatic heterocycles. The minimum atomic E-state index is -0.540. The quantitative estimate of drug-likeness (QED) is 0.284. The first-order valence-corrected chi connectivity index (χ1v) is 11.3. The summed E-state index contributed by atoms with van der Waals surface area (Å²) in [5, 5.41) is 0. The van der Waals surface area contributed by atoms with Crippen molar-refractivity contribution in [2.45, 2.75) is 25.7 Å². The van der Waals surface area contributed by atoms with Crippen molar-refractivity contribution in [3.8, 4) is 17.2 Å². The number of methoxy groups -OCH3 is 3. The van der Waals surface area contributed by atoms with Crippen molar-refractivity contribution in [3.05, 3.63) is 53.6 Å². The normalized spacial score (nSPS) is 15.0. The van der Waals surface area contributed by atoms with Crippen molar-refractivity contribution in [1.82, 2.24) is 4.90 Å². The van der Waals surface area contributed by atoms with Crippen molar-refractivity contribution in [1.29, 1.82) is 0 Å². The SMILES string of the molecule is COc1cc(CCCOC(=O)C2CCN(C(=O)C(=O)Cc3ccccc3)C2)cc(OC)c1OC. The van der Waals surface area contributed by atoms with Gasteiger partial charge in [0.2, 0.25) is 11.5 Å². The Labute approximate surface area is 199 Å². The van der Waals surface area contributed by atoms with Gasteiger partial charge in [-0.2, -0.15) is 0 Å². The Morgan fingerprint density at radius 3 is 2.24 bits per heavy atom. The zero-order valence-corrected chi connectivity index (χ0v) is 19.9. The van der Waals surface area contributed by atoms with Gasteiger partial charge in [-0.1, -0.05) is 30.3 Å². The predicted molar refractivity (Wildman–Crippen MR) is 125 cm³/mol. The summed E-state index contributed by atoms with van der Waals surface area (Å²) in [5.74, 6) is -0.0713. The number of carbonyl (C=O) groups excluding carboxylic acids is 3. The molecule has 2 aromatic carbocycles. The van der Waals surface area contributed by atoms with Crippen molar-refractivity contribution >= 4 is 17.7 Å². The number of rotatable bonds is 11. The van der Waals surface area contributed by atoms with Crippen LogP contribution in [0.1, 0.15) is 24.0 Å². The molecule has 1 atom stereocenters. The van der Waals surface area contributed by atoms with E-state index in [9.17, 15) is 14.4 Å². The first-order valence-electron chi connectivity index (χ1n) is 11.3. The Hall–Kier alpha value is -3.55. The van der Waals surface area contributed by atoms with E-state index in [0.717, 1.165) is 11.1 Å². The molecule has 3 rings (SSSR count). The van der Waals surface area contributed by atoms with Crippen LogP contribution < -0.4 is 14.2 Å². The van der Waals surface area contributed by atoms with Gasteiger partial charge in [-0.25, -0.2) is 0 Å². The van der Waals surface area contributed by atoms with Gasteiger partial charge < -0.3 is 23.8 Å². The maximum absolute atomic E-state index is 12.5. The topological polar surface area (TPSA) is 91.4 Å². The Bertz CT molecular complexity index is 980. The summed E-state index contributed by atoms with van der Waals surface area (Å²) < 4.78 is 21.5. The van der Waals surface area contributed by atoms with Gasteiger partial charge in [-0.05, 0) is 42.5 Å². The molecular formula is C26H31NO7. The van der Waals surface area contributed by atoms with Gasteiger partial charge in [0.15, 0.2) is 11.5 Å². The third-order valence-electron chi connectivity index (χ3n) is 5.83. The fraction of sp³-hybridized carbons (Fsp3) is 0.423. The molecular weight excluding hydrogens is 438 g/mol. The highest BCUT2D eigenvalue weighted by molar-refractivity contribution is 6.36. The van der Waals surface area contributed by atoms with Gasteiger partial charge in [-0.3, -0.25) is 14.4 Å². The molecule has 0 spiro atoms. The van der Waals surface area contributed by atoms with Gasteiger partial charge in [-0.15, -0.1) is 0 Å². The van der Waals surface area contributed by atoms with Crippen LogP contribution in [0.5, 0.6) is 17.2 Å². The van der Waals surface area contributed by atoms with Crippen molar-refractivity contribution in [2.24, 2.45) is 5.92 Å². The first kappa shape index (κ1) is 25.1. The van der Waals surface area contributed by atoms with Crippen LogP contribution in [0.3, 0.4) is 0 Å². The maximum atomic E-state index is 12.5. The molecule has 8 nitrogen and oxygen atoms in total. The van der Waals surface area contributed by atoms with Crippen LogP contribution in [-0.4, -0.2) is 63.6 Å². The number of esters is 1. The molecule has 1 aliphatic rings. The molecule has 8 heteroatoms. The Balaban J connectivity index is 1.44. The zero-order valence-electron chi connectivity index (χ0n) is 19.9. The van der Waals surface area contributed by atoms with Crippen molar-refractivity contribution in [2.75, 3.05) is 41.0 Å². The molecule has 1 amide bonds. The summed E-state index contributed by atoms with van der Waals surface area (Å²) >= 11 is 0. The van der Waals surface area contributed by atoms with E-state index in [-0.39, 0.29) is 25.5 Å². The molecule has 0 radical (unpaired) electrons. The summed E-state index contributed by atoms with van der Waals surface area (Å²) in [7, 11) is 4.68. The number of benzene rings is 2. The molecule has 1 aliphatic heterocycles. The third kappa shape index (κ3) is 6.27. The lowest BCUT2D eigenvalue weighted by atomic mass is 10.1. The first-order chi connectivity index (χ1) is 16.5. The van der Waals surface area contributed by atoms with E-state index in [1.165, 1.54) is 4.90 Å². The summed E-state index contributed by atoms with van der Waals surface area (Å²) in [5.41, 5.74) is 1.77. The number of aryl methyl sites for hydroxylation is 1. The fourth-order valence-corrected chi connectivity index (χ4v) is 4.02. The molecule has 34 heavy (non-hydrogen) atoms. The van der Waals surface area contributed by atoms with Crippen LogP contribution in [0.15, 0.2) is 42.5 Å². The second-order valence-electron chi connectivity index (χ2n) is 8.13. The molecule has 0 bridgehead atoms. The van der Waals surface area contributed by atoms with E-state index in [4.69, 9.17) is 18.9 Å². The van der Waals surface area contributed by atoms with Crippen LogP contribution in [0, 0.1) is 5.92 Å². The number of likely N-dealkylation sites (tertiary alicyclic amines) is 1. The van der Waals surface area contributed by atoms with E-state index >= 15 is 0 Å². The van der Waals surface area contributed by atoms with E-state index in [1.807, 2.05) is 42.5 Å². The lowest BCUT2D eigenvalue weighted by molar-refractivity contribution is -0.149. The van der Waals surface area contributed by atoms with E-state index < -0.39 is 17.6 Å². The third-order valence-corrected chi connectivity index (χ3v) is 5.83. The summed E-state index contributed by atoms with van der Waals surface area (Å²) in [6, 6.07) is 12.9. The Morgan fingerprint density at radius 1 is 0.941 bits per heavy atom. The van der Waals surface area contributed by atoms with Crippen LogP contribution in [0.4, 0.5) is 0 Å². The van der Waals surface area contributed by atoms with Gasteiger partial charge in [0.1, 0.15) is 0 Å². The molecule has 1 fully saturated rings. The highest BCUT2D eigenvalue weighted by Crippen LogP contribution is 2.38. The maximum Gasteiger partial charge on any atom is 0.310 e. The lowest BCUT2D eigenvalue weighted by Crippen LogP contribution is -2.36. The minimum Gasteiger partial charge on any atom is -0.493 e. The van der Waals surface area contributed by atoms with Gasteiger partial charge in [0.05, 0.1) is 33.9 Å². The molecule has 182 valence electrons. The summed E-state index contributed by atoms with van der Waals surface area (Å²) in [6.07, 6.45) is 1.84. The van der Waals surface area contributed by atoms with Crippen LogP contribution in [0.25, 0.3) is 0 Å². The monoisotopic (exact) mass is 469 g/mol. The standard InChI is InChI=1S/C26H31NO7/c1-31-22-15-19(16-23(32-2)24(22)33-3)10-7-13-34-26(30)20-11-12-27(17-20)25(29)21(28)14-18-8-5-4-6-9-18/h4-6,8-9,15-16,20H,7,10-14,17H2,1-3H3. The number of ketones is 1. The van der Waals surface area contributed by atoms with E-state index in [1.54, 1.807) is 21.3 Å². The lowest BCUT2D eigenvalue weighted by Gasteiger charge is -2.16. The van der Waals surface area contributed by atoms with Crippen LogP contribution >= 0.6 is 0 Å². The average Bonchev–Trinajstić information content (AvgIpc) is 3.36. The number of nitrogens with zero attached hydrogens (tertiary/aromatic N) is 1. The number of ether oxygens (including phenoxy) is 4. The fourth-order valence-electron chi connectivity index (χ4n) is 4.02. The molecule has 0 N–H and O–H groups in total. The Morgan fingerprint density at radius 2 is 1.62 bits per heavy atom. The molecule has 1 heterocycles. The van der Waals surface area contributed by atoms with Crippen LogP contribution in [0.2, 0.25) is 0 Å². The van der Waals surface area contributed by atoms with E-state index in [0.29, 0.717) is 43.1 Å². The summed E-state index contributed by atoms with van der Waals surface area (Å²) in [6.45, 7) is 0.850. The highest BCUT2D eigenvalue weighted by atomic mass is 16.5. The molecule has 2 aromatic rings. The molecule has 1 saturated heterocycles. The van der Waals surface area contributed by atoms with Gasteiger partial charge in [0, 0.05) is 19.5 Å². The van der Waals surface area contributed by atoms with Gasteiger partial charge in [0.25, 0.3) is 5.91 Å².